The molecule has 0 saturated carbocycles. The normalized spacial score (nSPS) is 22.4. The maximum absolute atomic E-state index is 13.2. The highest BCUT2D eigenvalue weighted by Crippen LogP contribution is 2.29. The number of benzene rings is 1. The van der Waals surface area contributed by atoms with Crippen LogP contribution in [0.1, 0.15) is 41.9 Å². The van der Waals surface area contributed by atoms with Gasteiger partial charge in [-0.05, 0) is 56.2 Å². The van der Waals surface area contributed by atoms with E-state index in [9.17, 15) is 9.59 Å². The van der Waals surface area contributed by atoms with Gasteiger partial charge in [-0.25, -0.2) is 0 Å². The minimum Gasteiger partial charge on any atom is -0.348 e. The first-order valence-electron chi connectivity index (χ1n) is 9.55. The highest BCUT2D eigenvalue weighted by atomic mass is 35.5. The number of aromatic nitrogens is 1. The van der Waals surface area contributed by atoms with E-state index in [1.54, 1.807) is 24.3 Å². The number of amides is 2. The van der Waals surface area contributed by atoms with Crippen LogP contribution in [0, 0.1) is 5.92 Å². The Labute approximate surface area is 164 Å². The van der Waals surface area contributed by atoms with Gasteiger partial charge in [-0.2, -0.15) is 0 Å². The first-order valence-corrected chi connectivity index (χ1v) is 9.93. The van der Waals surface area contributed by atoms with E-state index in [2.05, 4.69) is 23.8 Å². The Kier molecular flexibility index (Phi) is 4.96. The zero-order valence-electron chi connectivity index (χ0n) is 15.5. The van der Waals surface area contributed by atoms with Crippen molar-refractivity contribution in [3.63, 3.8) is 0 Å². The lowest BCUT2D eigenvalue weighted by Gasteiger charge is -2.39. The molecule has 142 valence electrons. The van der Waals surface area contributed by atoms with Gasteiger partial charge in [0.1, 0.15) is 0 Å². The summed E-state index contributed by atoms with van der Waals surface area (Å²) in [6.07, 6.45) is 3.77. The smallest absolute Gasteiger partial charge is 0.253 e. The second-order valence-corrected chi connectivity index (χ2v) is 7.87. The fourth-order valence-corrected chi connectivity index (χ4v) is 4.38. The van der Waals surface area contributed by atoms with E-state index in [0.717, 1.165) is 25.9 Å². The fraction of sp³-hybridized carbons (Fsp3) is 0.429. The standard InChI is InChI=1S/C21H24ClN3O2/c1-15-19-5-3-10-23(19)12-13-25(15)21(27)17-4-2-11-24(14-17)20(26)16-6-8-18(22)9-7-16/h3,5-10,15,17H,2,4,11-14H2,1H3. The van der Waals surface area contributed by atoms with Crippen molar-refractivity contribution in [1.29, 1.82) is 0 Å². The van der Waals surface area contributed by atoms with Crippen LogP contribution in [0.15, 0.2) is 42.6 Å². The SMILES string of the molecule is CC1c2cccn2CCN1C(=O)C1CCCN(C(=O)c2ccc(Cl)cc2)C1. The molecule has 1 saturated heterocycles. The number of halogens is 1. The van der Waals surface area contributed by atoms with Crippen LogP contribution < -0.4 is 0 Å². The molecule has 6 heteroatoms. The molecule has 0 radical (unpaired) electrons. The molecule has 1 fully saturated rings. The second-order valence-electron chi connectivity index (χ2n) is 7.43. The topological polar surface area (TPSA) is 45.6 Å². The molecule has 4 rings (SSSR count). The predicted octanol–water partition coefficient (Wildman–Crippen LogP) is 3.60. The lowest BCUT2D eigenvalue weighted by molar-refractivity contribution is -0.140. The molecule has 0 aliphatic carbocycles. The molecule has 1 aromatic carbocycles. The number of likely N-dealkylation sites (tertiary alicyclic amines) is 1. The zero-order chi connectivity index (χ0) is 19.0. The van der Waals surface area contributed by atoms with E-state index in [1.807, 2.05) is 15.9 Å². The van der Waals surface area contributed by atoms with E-state index < -0.39 is 0 Å². The first-order chi connectivity index (χ1) is 13.0. The average Bonchev–Trinajstić information content (AvgIpc) is 3.18. The minimum absolute atomic E-state index is 0.0234. The molecule has 27 heavy (non-hydrogen) atoms. The van der Waals surface area contributed by atoms with Gasteiger partial charge < -0.3 is 14.4 Å². The monoisotopic (exact) mass is 385 g/mol. The molecular formula is C21H24ClN3O2. The number of hydrogen-bond donors (Lipinski definition) is 0. The molecule has 2 aliphatic rings. The number of hydrogen-bond acceptors (Lipinski definition) is 2. The molecule has 2 atom stereocenters. The average molecular weight is 386 g/mol. The van der Waals surface area contributed by atoms with Gasteiger partial charge in [0, 0.05) is 48.7 Å². The van der Waals surface area contributed by atoms with E-state index in [4.69, 9.17) is 11.6 Å². The van der Waals surface area contributed by atoms with E-state index >= 15 is 0 Å². The first kappa shape index (κ1) is 18.1. The predicted molar refractivity (Wildman–Crippen MR) is 105 cm³/mol. The molecule has 2 unspecified atom stereocenters. The summed E-state index contributed by atoms with van der Waals surface area (Å²) in [7, 11) is 0. The van der Waals surface area contributed by atoms with Gasteiger partial charge in [0.15, 0.2) is 0 Å². The number of carbonyl (C=O) groups is 2. The molecule has 0 bridgehead atoms. The third kappa shape index (κ3) is 3.48. The number of nitrogens with zero attached hydrogens (tertiary/aromatic N) is 3. The van der Waals surface area contributed by atoms with Gasteiger partial charge in [-0.1, -0.05) is 11.6 Å². The van der Waals surface area contributed by atoms with Crippen molar-refractivity contribution in [2.24, 2.45) is 5.92 Å². The number of fused-ring (bicyclic) bond motifs is 1. The van der Waals surface area contributed by atoms with Crippen LogP contribution in [0.5, 0.6) is 0 Å². The molecule has 1 aromatic heterocycles. The van der Waals surface area contributed by atoms with Crippen LogP contribution in [0.3, 0.4) is 0 Å². The van der Waals surface area contributed by atoms with Gasteiger partial charge in [0.2, 0.25) is 5.91 Å². The molecule has 3 heterocycles. The molecule has 0 N–H and O–H groups in total. The Morgan fingerprint density at radius 1 is 1.07 bits per heavy atom. The summed E-state index contributed by atoms with van der Waals surface area (Å²) in [5.74, 6) is 0.0206. The lowest BCUT2D eigenvalue weighted by Crippen LogP contribution is -2.49. The highest BCUT2D eigenvalue weighted by molar-refractivity contribution is 6.30. The zero-order valence-corrected chi connectivity index (χ0v) is 16.2. The summed E-state index contributed by atoms with van der Waals surface area (Å²) in [6, 6.07) is 11.1. The maximum atomic E-state index is 13.2. The van der Waals surface area contributed by atoms with Crippen molar-refractivity contribution in [2.45, 2.75) is 32.4 Å². The molecule has 0 spiro atoms. The van der Waals surface area contributed by atoms with Crippen LogP contribution in [-0.2, 0) is 11.3 Å². The highest BCUT2D eigenvalue weighted by Gasteiger charge is 2.35. The Morgan fingerprint density at radius 3 is 2.63 bits per heavy atom. The van der Waals surface area contributed by atoms with Crippen molar-refractivity contribution < 1.29 is 9.59 Å². The van der Waals surface area contributed by atoms with Crippen molar-refractivity contribution in [2.75, 3.05) is 19.6 Å². The minimum atomic E-state index is -0.126. The van der Waals surface area contributed by atoms with Crippen LogP contribution in [0.25, 0.3) is 0 Å². The third-order valence-electron chi connectivity index (χ3n) is 5.77. The van der Waals surface area contributed by atoms with E-state index in [1.165, 1.54) is 5.69 Å². The van der Waals surface area contributed by atoms with Gasteiger partial charge in [0.05, 0.1) is 12.0 Å². The van der Waals surface area contributed by atoms with Gasteiger partial charge in [-0.3, -0.25) is 9.59 Å². The summed E-state index contributed by atoms with van der Waals surface area (Å²) in [5.41, 5.74) is 1.80. The Bertz CT molecular complexity index is 845. The summed E-state index contributed by atoms with van der Waals surface area (Å²) in [4.78, 5) is 29.8. The Morgan fingerprint density at radius 2 is 1.85 bits per heavy atom. The molecule has 2 aliphatic heterocycles. The quantitative estimate of drug-likeness (QED) is 0.792. The summed E-state index contributed by atoms with van der Waals surface area (Å²) < 4.78 is 2.21. The summed E-state index contributed by atoms with van der Waals surface area (Å²) in [5, 5.41) is 0.613. The molecule has 5 nitrogen and oxygen atoms in total. The van der Waals surface area contributed by atoms with Crippen LogP contribution in [0.4, 0.5) is 0 Å². The van der Waals surface area contributed by atoms with Crippen molar-refractivity contribution in [3.8, 4) is 0 Å². The van der Waals surface area contributed by atoms with Crippen molar-refractivity contribution >= 4 is 23.4 Å². The van der Waals surface area contributed by atoms with Crippen molar-refractivity contribution in [1.82, 2.24) is 14.4 Å². The number of rotatable bonds is 2. The van der Waals surface area contributed by atoms with Crippen LogP contribution in [-0.4, -0.2) is 45.8 Å². The fourth-order valence-electron chi connectivity index (χ4n) is 4.25. The molecule has 2 amide bonds. The van der Waals surface area contributed by atoms with Gasteiger partial charge in [0.25, 0.3) is 5.91 Å². The number of piperidine rings is 1. The van der Waals surface area contributed by atoms with Gasteiger partial charge in [-0.15, -0.1) is 0 Å². The Balaban J connectivity index is 1.46. The lowest BCUT2D eigenvalue weighted by atomic mass is 9.94. The van der Waals surface area contributed by atoms with E-state index in [-0.39, 0.29) is 23.8 Å². The Hall–Kier alpha value is -2.27. The molecule has 2 aromatic rings. The third-order valence-corrected chi connectivity index (χ3v) is 6.03. The van der Waals surface area contributed by atoms with Gasteiger partial charge >= 0.3 is 0 Å². The van der Waals surface area contributed by atoms with E-state index in [0.29, 0.717) is 23.7 Å². The second kappa shape index (κ2) is 7.39. The van der Waals surface area contributed by atoms with Crippen molar-refractivity contribution in [3.05, 3.63) is 58.9 Å². The molecular weight excluding hydrogens is 362 g/mol. The van der Waals surface area contributed by atoms with Crippen LogP contribution >= 0.6 is 11.6 Å². The van der Waals surface area contributed by atoms with Crippen LogP contribution in [0.2, 0.25) is 5.02 Å². The largest absolute Gasteiger partial charge is 0.348 e. The maximum Gasteiger partial charge on any atom is 0.253 e. The number of carbonyl (C=O) groups excluding carboxylic acids is 2. The summed E-state index contributed by atoms with van der Waals surface area (Å²) >= 11 is 5.92. The summed E-state index contributed by atoms with van der Waals surface area (Å²) in [6.45, 7) is 4.83.